The Morgan fingerprint density at radius 3 is 2.86 bits per heavy atom. The Bertz CT molecular complexity index is 652. The second-order valence-electron chi connectivity index (χ2n) is 4.58. The first kappa shape index (κ1) is 15.0. The molecule has 2 rings (SSSR count). The third-order valence-corrected chi connectivity index (χ3v) is 3.19. The standard InChI is InChI=1S/C14H18N4O3/c1-4-15-8-11-9-17(16-10(11)2)12-5-6-14(21-3)13(7-12)18(19)20/h5-7,9,15H,4,8H2,1-3H3. The third kappa shape index (κ3) is 3.19. The molecule has 1 N–H and O–H groups in total. The van der Waals surface area contributed by atoms with Gasteiger partial charge in [0.25, 0.3) is 0 Å². The van der Waals surface area contributed by atoms with Gasteiger partial charge in [0.1, 0.15) is 0 Å². The van der Waals surface area contributed by atoms with Crippen LogP contribution < -0.4 is 10.1 Å². The van der Waals surface area contributed by atoms with Crippen LogP contribution in [0.5, 0.6) is 5.75 Å². The number of benzene rings is 1. The molecule has 7 heteroatoms. The van der Waals surface area contributed by atoms with Crippen molar-refractivity contribution in [2.45, 2.75) is 20.4 Å². The molecule has 2 aromatic rings. The van der Waals surface area contributed by atoms with E-state index in [0.717, 1.165) is 24.3 Å². The molecule has 112 valence electrons. The number of rotatable bonds is 6. The Morgan fingerprint density at radius 1 is 1.48 bits per heavy atom. The SMILES string of the molecule is CCNCc1cn(-c2ccc(OC)c([N+](=O)[O-])c2)nc1C. The number of nitrogens with one attached hydrogen (secondary N) is 1. The summed E-state index contributed by atoms with van der Waals surface area (Å²) in [6.45, 7) is 5.55. The second-order valence-corrected chi connectivity index (χ2v) is 4.58. The van der Waals surface area contributed by atoms with Crippen LogP contribution in [0.1, 0.15) is 18.2 Å². The van der Waals surface area contributed by atoms with Crippen molar-refractivity contribution < 1.29 is 9.66 Å². The fourth-order valence-corrected chi connectivity index (χ4v) is 2.02. The minimum absolute atomic E-state index is 0.0728. The van der Waals surface area contributed by atoms with E-state index >= 15 is 0 Å². The van der Waals surface area contributed by atoms with Gasteiger partial charge in [0.2, 0.25) is 0 Å². The first-order chi connectivity index (χ1) is 10.1. The summed E-state index contributed by atoms with van der Waals surface area (Å²) in [7, 11) is 1.41. The van der Waals surface area contributed by atoms with Crippen LogP contribution in [0.25, 0.3) is 5.69 Å². The van der Waals surface area contributed by atoms with Crippen molar-refractivity contribution in [1.82, 2.24) is 15.1 Å². The lowest BCUT2D eigenvalue weighted by Gasteiger charge is -2.05. The van der Waals surface area contributed by atoms with Crippen LogP contribution in [0.2, 0.25) is 0 Å². The number of nitro benzene ring substituents is 1. The summed E-state index contributed by atoms with van der Waals surface area (Å²) in [5.41, 5.74) is 2.52. The van der Waals surface area contributed by atoms with Gasteiger partial charge in [-0.15, -0.1) is 0 Å². The van der Waals surface area contributed by atoms with E-state index in [1.165, 1.54) is 13.2 Å². The van der Waals surface area contributed by atoms with Crippen LogP contribution in [-0.2, 0) is 6.54 Å². The molecule has 7 nitrogen and oxygen atoms in total. The lowest BCUT2D eigenvalue weighted by Crippen LogP contribution is -2.11. The number of hydrogen-bond acceptors (Lipinski definition) is 5. The Balaban J connectivity index is 2.38. The van der Waals surface area contributed by atoms with Crippen molar-refractivity contribution in [3.63, 3.8) is 0 Å². The minimum Gasteiger partial charge on any atom is -0.490 e. The van der Waals surface area contributed by atoms with Gasteiger partial charge in [-0.25, -0.2) is 4.68 Å². The number of nitro groups is 1. The molecular formula is C14H18N4O3. The molecule has 0 unspecified atom stereocenters. The molecule has 0 amide bonds. The van der Waals surface area contributed by atoms with Gasteiger partial charge >= 0.3 is 5.69 Å². The molecule has 0 bridgehead atoms. The van der Waals surface area contributed by atoms with Crippen molar-refractivity contribution in [3.8, 4) is 11.4 Å². The third-order valence-electron chi connectivity index (χ3n) is 3.19. The van der Waals surface area contributed by atoms with Crippen molar-refractivity contribution in [2.75, 3.05) is 13.7 Å². The van der Waals surface area contributed by atoms with E-state index in [1.54, 1.807) is 16.8 Å². The van der Waals surface area contributed by atoms with E-state index in [2.05, 4.69) is 10.4 Å². The largest absolute Gasteiger partial charge is 0.490 e. The topological polar surface area (TPSA) is 82.2 Å². The van der Waals surface area contributed by atoms with Gasteiger partial charge in [0.15, 0.2) is 5.75 Å². The molecule has 0 aliphatic rings. The van der Waals surface area contributed by atoms with Gasteiger partial charge in [-0.05, 0) is 25.6 Å². The molecule has 0 spiro atoms. The molecule has 0 fully saturated rings. The van der Waals surface area contributed by atoms with Crippen molar-refractivity contribution in [1.29, 1.82) is 0 Å². The Kier molecular flexibility index (Phi) is 4.54. The highest BCUT2D eigenvalue weighted by Gasteiger charge is 2.16. The molecular weight excluding hydrogens is 272 g/mol. The molecule has 21 heavy (non-hydrogen) atoms. The number of hydrogen-bond donors (Lipinski definition) is 1. The van der Waals surface area contributed by atoms with E-state index in [-0.39, 0.29) is 11.4 Å². The summed E-state index contributed by atoms with van der Waals surface area (Å²) in [5, 5.41) is 18.7. The number of methoxy groups -OCH3 is 1. The van der Waals surface area contributed by atoms with E-state index < -0.39 is 4.92 Å². The Labute approximate surface area is 122 Å². The summed E-state index contributed by atoms with van der Waals surface area (Å²) in [5.74, 6) is 0.237. The number of ether oxygens (including phenoxy) is 1. The zero-order valence-corrected chi connectivity index (χ0v) is 12.3. The van der Waals surface area contributed by atoms with Gasteiger partial charge in [-0.3, -0.25) is 10.1 Å². The van der Waals surface area contributed by atoms with E-state index in [0.29, 0.717) is 5.69 Å². The normalized spacial score (nSPS) is 10.6. The number of aromatic nitrogens is 2. The first-order valence-corrected chi connectivity index (χ1v) is 6.65. The maximum Gasteiger partial charge on any atom is 0.313 e. The van der Waals surface area contributed by atoms with Gasteiger partial charge in [0, 0.05) is 24.4 Å². The van der Waals surface area contributed by atoms with Crippen molar-refractivity contribution in [2.24, 2.45) is 0 Å². The summed E-state index contributed by atoms with van der Waals surface area (Å²) in [6.07, 6.45) is 1.88. The maximum absolute atomic E-state index is 11.1. The fourth-order valence-electron chi connectivity index (χ4n) is 2.02. The monoisotopic (exact) mass is 290 g/mol. The fraction of sp³-hybridized carbons (Fsp3) is 0.357. The zero-order valence-electron chi connectivity index (χ0n) is 12.3. The van der Waals surface area contributed by atoms with E-state index in [4.69, 9.17) is 4.74 Å². The maximum atomic E-state index is 11.1. The summed E-state index contributed by atoms with van der Waals surface area (Å²) < 4.78 is 6.65. The molecule has 0 atom stereocenters. The van der Waals surface area contributed by atoms with Crippen LogP contribution in [0.15, 0.2) is 24.4 Å². The van der Waals surface area contributed by atoms with Crippen LogP contribution in [-0.4, -0.2) is 28.4 Å². The van der Waals surface area contributed by atoms with E-state index in [9.17, 15) is 10.1 Å². The molecule has 0 radical (unpaired) electrons. The van der Waals surface area contributed by atoms with E-state index in [1.807, 2.05) is 20.0 Å². The average molecular weight is 290 g/mol. The average Bonchev–Trinajstić information content (AvgIpc) is 2.85. The van der Waals surface area contributed by atoms with Crippen LogP contribution >= 0.6 is 0 Å². The minimum atomic E-state index is -0.460. The van der Waals surface area contributed by atoms with Crippen LogP contribution in [0.3, 0.4) is 0 Å². The molecule has 1 aromatic carbocycles. The summed E-state index contributed by atoms with van der Waals surface area (Å²) in [6, 6.07) is 4.78. The summed E-state index contributed by atoms with van der Waals surface area (Å²) >= 11 is 0. The zero-order chi connectivity index (χ0) is 15.4. The lowest BCUT2D eigenvalue weighted by molar-refractivity contribution is -0.385. The van der Waals surface area contributed by atoms with Crippen molar-refractivity contribution in [3.05, 3.63) is 45.8 Å². The predicted molar refractivity (Wildman–Crippen MR) is 78.9 cm³/mol. The molecule has 0 saturated heterocycles. The predicted octanol–water partition coefficient (Wildman–Crippen LogP) is 2.21. The van der Waals surface area contributed by atoms with Gasteiger partial charge < -0.3 is 10.1 Å². The Hall–Kier alpha value is -2.41. The van der Waals surface area contributed by atoms with Crippen molar-refractivity contribution >= 4 is 5.69 Å². The molecule has 1 heterocycles. The molecule has 0 saturated carbocycles. The van der Waals surface area contributed by atoms with Gasteiger partial charge in [0.05, 0.1) is 23.4 Å². The number of aryl methyl sites for hydroxylation is 1. The summed E-state index contributed by atoms with van der Waals surface area (Å²) in [4.78, 5) is 10.6. The van der Waals surface area contributed by atoms with Crippen LogP contribution in [0.4, 0.5) is 5.69 Å². The quantitative estimate of drug-likeness (QED) is 0.651. The highest BCUT2D eigenvalue weighted by Crippen LogP contribution is 2.29. The molecule has 0 aliphatic heterocycles. The smallest absolute Gasteiger partial charge is 0.313 e. The highest BCUT2D eigenvalue weighted by molar-refractivity contribution is 5.53. The second kappa shape index (κ2) is 6.36. The molecule has 1 aromatic heterocycles. The first-order valence-electron chi connectivity index (χ1n) is 6.65. The number of nitrogens with zero attached hydrogens (tertiary/aromatic N) is 3. The van der Waals surface area contributed by atoms with Gasteiger partial charge in [-0.2, -0.15) is 5.10 Å². The van der Waals surface area contributed by atoms with Crippen LogP contribution in [0, 0.1) is 17.0 Å². The Morgan fingerprint density at radius 2 is 2.24 bits per heavy atom. The highest BCUT2D eigenvalue weighted by atomic mass is 16.6. The lowest BCUT2D eigenvalue weighted by atomic mass is 10.2. The van der Waals surface area contributed by atoms with Gasteiger partial charge in [-0.1, -0.05) is 6.92 Å². The molecule has 0 aliphatic carbocycles.